The molecule has 194 valence electrons. The average molecular weight is 497 g/mol. The molecule has 1 aromatic carbocycles. The van der Waals surface area contributed by atoms with Gasteiger partial charge in [-0.05, 0) is 76.4 Å². The van der Waals surface area contributed by atoms with Crippen molar-refractivity contribution < 1.29 is 23.5 Å². The number of hydrogen-bond donors (Lipinski definition) is 1. The summed E-state index contributed by atoms with van der Waals surface area (Å²) >= 11 is 0. The summed E-state index contributed by atoms with van der Waals surface area (Å²) in [4.78, 5) is 43.4. The van der Waals surface area contributed by atoms with E-state index in [1.54, 1.807) is 17.0 Å². The van der Waals surface area contributed by atoms with Crippen molar-refractivity contribution in [2.45, 2.75) is 58.1 Å². The van der Waals surface area contributed by atoms with Gasteiger partial charge in [-0.15, -0.1) is 0 Å². The van der Waals surface area contributed by atoms with E-state index in [1.165, 1.54) is 6.26 Å². The van der Waals surface area contributed by atoms with Gasteiger partial charge in [-0.3, -0.25) is 9.59 Å². The highest BCUT2D eigenvalue weighted by molar-refractivity contribution is 6.02. The summed E-state index contributed by atoms with van der Waals surface area (Å²) in [6.45, 7) is 9.12. The Balaban J connectivity index is 1.21. The maximum absolute atomic E-state index is 12.9. The van der Waals surface area contributed by atoms with Gasteiger partial charge < -0.3 is 29.2 Å². The molecule has 1 aromatic heterocycles. The van der Waals surface area contributed by atoms with Gasteiger partial charge in [0.2, 0.25) is 5.91 Å². The highest BCUT2D eigenvalue weighted by Crippen LogP contribution is 2.25. The summed E-state index contributed by atoms with van der Waals surface area (Å²) in [6, 6.07) is 11.0. The molecule has 2 saturated heterocycles. The van der Waals surface area contributed by atoms with Crippen LogP contribution < -0.4 is 10.2 Å². The van der Waals surface area contributed by atoms with Gasteiger partial charge in [0, 0.05) is 56.6 Å². The van der Waals surface area contributed by atoms with Gasteiger partial charge in [0.1, 0.15) is 5.60 Å². The minimum atomic E-state index is -0.520. The predicted octanol–water partition coefficient (Wildman–Crippen LogP) is 4.36. The molecular formula is C27H36N4O5. The van der Waals surface area contributed by atoms with Gasteiger partial charge in [-0.2, -0.15) is 0 Å². The van der Waals surface area contributed by atoms with Crippen LogP contribution >= 0.6 is 0 Å². The molecule has 1 unspecified atom stereocenters. The Bertz CT molecular complexity index is 1040. The summed E-state index contributed by atoms with van der Waals surface area (Å²) in [5, 5.41) is 2.82. The minimum absolute atomic E-state index is 0.0666. The molecule has 0 radical (unpaired) electrons. The highest BCUT2D eigenvalue weighted by atomic mass is 16.6. The molecule has 9 heteroatoms. The number of likely N-dealkylation sites (tertiary alicyclic amines) is 1. The van der Waals surface area contributed by atoms with Crippen LogP contribution in [0.15, 0.2) is 47.1 Å². The lowest BCUT2D eigenvalue weighted by molar-refractivity contribution is -0.131. The Morgan fingerprint density at radius 1 is 1.03 bits per heavy atom. The van der Waals surface area contributed by atoms with Crippen LogP contribution in [0.5, 0.6) is 0 Å². The maximum Gasteiger partial charge on any atom is 0.410 e. The van der Waals surface area contributed by atoms with Gasteiger partial charge in [0.05, 0.1) is 6.26 Å². The number of carbonyl (C=O) groups excluding carboxylic acids is 3. The Hall–Kier alpha value is -3.49. The number of piperazine rings is 1. The number of amides is 3. The van der Waals surface area contributed by atoms with Gasteiger partial charge >= 0.3 is 6.09 Å². The lowest BCUT2D eigenvalue weighted by Crippen LogP contribution is -2.49. The van der Waals surface area contributed by atoms with Gasteiger partial charge in [0.15, 0.2) is 5.76 Å². The van der Waals surface area contributed by atoms with Crippen molar-refractivity contribution in [2.24, 2.45) is 0 Å². The number of nitrogens with one attached hydrogen (secondary N) is 1. The first-order valence-electron chi connectivity index (χ1n) is 12.7. The third-order valence-corrected chi connectivity index (χ3v) is 6.56. The van der Waals surface area contributed by atoms with Crippen molar-refractivity contribution >= 4 is 29.3 Å². The molecule has 4 rings (SSSR count). The minimum Gasteiger partial charge on any atom is -0.459 e. The first-order chi connectivity index (χ1) is 17.2. The third kappa shape index (κ3) is 6.59. The largest absolute Gasteiger partial charge is 0.459 e. The van der Waals surface area contributed by atoms with Crippen molar-refractivity contribution in [3.05, 3.63) is 48.4 Å². The molecule has 0 bridgehead atoms. The first kappa shape index (κ1) is 25.6. The van der Waals surface area contributed by atoms with Crippen molar-refractivity contribution in [3.8, 4) is 0 Å². The van der Waals surface area contributed by atoms with E-state index < -0.39 is 5.60 Å². The van der Waals surface area contributed by atoms with Gasteiger partial charge in [-0.1, -0.05) is 0 Å². The van der Waals surface area contributed by atoms with E-state index in [4.69, 9.17) is 9.15 Å². The second-order valence-corrected chi connectivity index (χ2v) is 10.4. The zero-order chi connectivity index (χ0) is 25.7. The maximum atomic E-state index is 12.9. The van der Waals surface area contributed by atoms with Crippen molar-refractivity contribution in [3.63, 3.8) is 0 Å². The summed E-state index contributed by atoms with van der Waals surface area (Å²) < 4.78 is 10.7. The molecule has 0 saturated carbocycles. The van der Waals surface area contributed by atoms with E-state index in [1.807, 2.05) is 49.9 Å². The number of anilines is 2. The van der Waals surface area contributed by atoms with E-state index in [0.717, 1.165) is 31.6 Å². The number of furan rings is 1. The van der Waals surface area contributed by atoms with Crippen LogP contribution in [0.25, 0.3) is 0 Å². The smallest absolute Gasteiger partial charge is 0.410 e. The molecule has 1 N–H and O–H groups in total. The van der Waals surface area contributed by atoms with Crippen LogP contribution in [0, 0.1) is 0 Å². The Kier molecular flexibility index (Phi) is 7.86. The fraction of sp³-hybridized carbons (Fsp3) is 0.519. The number of ether oxygens (including phenoxy) is 1. The third-order valence-electron chi connectivity index (χ3n) is 6.56. The van der Waals surface area contributed by atoms with Crippen molar-refractivity contribution in [1.29, 1.82) is 0 Å². The Morgan fingerprint density at radius 2 is 1.75 bits per heavy atom. The molecule has 9 nitrogen and oxygen atoms in total. The van der Waals surface area contributed by atoms with E-state index >= 15 is 0 Å². The zero-order valence-corrected chi connectivity index (χ0v) is 21.4. The lowest BCUT2D eigenvalue weighted by atomic mass is 10.1. The number of rotatable bonds is 6. The number of benzene rings is 1. The van der Waals surface area contributed by atoms with Crippen LogP contribution in [0.4, 0.5) is 16.2 Å². The van der Waals surface area contributed by atoms with Crippen LogP contribution in [-0.4, -0.2) is 72.1 Å². The fourth-order valence-corrected chi connectivity index (χ4v) is 4.72. The summed E-state index contributed by atoms with van der Waals surface area (Å²) in [6.07, 6.45) is 4.16. The topological polar surface area (TPSA) is 95.3 Å². The standard InChI is InChI=1S/C27H36N4O5/c1-27(2,3)36-26(34)31-14-4-6-22(31)12-13-24(32)30-17-15-29(16-18-30)21-10-8-20(9-11-21)28-25(33)23-7-5-19-35-23/h5,7-11,19,22H,4,6,12-18H2,1-3H3,(H,28,33). The SMILES string of the molecule is CC(C)(C)OC(=O)N1CCCC1CCC(=O)N1CCN(c2ccc(NC(=O)c3ccco3)cc2)CC1. The van der Waals surface area contributed by atoms with Crippen molar-refractivity contribution in [1.82, 2.24) is 9.80 Å². The molecule has 1 atom stereocenters. The monoisotopic (exact) mass is 496 g/mol. The number of hydrogen-bond acceptors (Lipinski definition) is 6. The normalized spacial score (nSPS) is 18.3. The molecule has 3 amide bonds. The predicted molar refractivity (Wildman–Crippen MR) is 137 cm³/mol. The van der Waals surface area contributed by atoms with Gasteiger partial charge in [0.25, 0.3) is 5.91 Å². The van der Waals surface area contributed by atoms with Crippen LogP contribution in [0.1, 0.15) is 57.0 Å². The molecule has 2 fully saturated rings. The molecule has 2 aromatic rings. The molecule has 2 aliphatic rings. The van der Waals surface area contributed by atoms with Crippen LogP contribution in [-0.2, 0) is 9.53 Å². The summed E-state index contributed by atoms with van der Waals surface area (Å²) in [5.74, 6) is 0.124. The Morgan fingerprint density at radius 3 is 2.39 bits per heavy atom. The summed E-state index contributed by atoms with van der Waals surface area (Å²) in [7, 11) is 0. The molecule has 2 aliphatic heterocycles. The van der Waals surface area contributed by atoms with Crippen LogP contribution in [0.3, 0.4) is 0 Å². The quantitative estimate of drug-likeness (QED) is 0.639. The van der Waals surface area contributed by atoms with E-state index in [0.29, 0.717) is 38.2 Å². The Labute approximate surface area is 212 Å². The summed E-state index contributed by atoms with van der Waals surface area (Å²) in [5.41, 5.74) is 1.23. The molecule has 36 heavy (non-hydrogen) atoms. The first-order valence-corrected chi connectivity index (χ1v) is 12.7. The van der Waals surface area contributed by atoms with E-state index in [2.05, 4.69) is 10.2 Å². The molecule has 3 heterocycles. The average Bonchev–Trinajstić information content (AvgIpc) is 3.55. The van der Waals surface area contributed by atoms with Crippen molar-refractivity contribution in [2.75, 3.05) is 42.9 Å². The van der Waals surface area contributed by atoms with Crippen LogP contribution in [0.2, 0.25) is 0 Å². The number of carbonyl (C=O) groups is 3. The van der Waals surface area contributed by atoms with Gasteiger partial charge in [-0.25, -0.2) is 4.79 Å². The fourth-order valence-electron chi connectivity index (χ4n) is 4.72. The highest BCUT2D eigenvalue weighted by Gasteiger charge is 2.33. The zero-order valence-electron chi connectivity index (χ0n) is 21.4. The second-order valence-electron chi connectivity index (χ2n) is 10.4. The van der Waals surface area contributed by atoms with E-state index in [-0.39, 0.29) is 29.7 Å². The lowest BCUT2D eigenvalue weighted by Gasteiger charge is -2.36. The molecule has 0 spiro atoms. The molecular weight excluding hydrogens is 460 g/mol. The number of nitrogens with zero attached hydrogens (tertiary/aromatic N) is 3. The second kappa shape index (κ2) is 11.1. The molecule has 0 aliphatic carbocycles. The van der Waals surface area contributed by atoms with E-state index in [9.17, 15) is 14.4 Å².